The van der Waals surface area contributed by atoms with Crippen molar-refractivity contribution in [1.29, 1.82) is 0 Å². The fourth-order valence-electron chi connectivity index (χ4n) is 6.06. The third kappa shape index (κ3) is 4.95. The number of sulfonamides is 1. The number of nitrogens with zero attached hydrogens (tertiary/aromatic N) is 4. The molecule has 38 heavy (non-hydrogen) atoms. The van der Waals surface area contributed by atoms with Crippen LogP contribution in [0.5, 0.6) is 0 Å². The molecule has 3 aliphatic rings. The van der Waals surface area contributed by atoms with Crippen molar-refractivity contribution < 1.29 is 8.42 Å². The topological polar surface area (TPSA) is 75.5 Å². The predicted octanol–water partition coefficient (Wildman–Crippen LogP) is 3.75. The van der Waals surface area contributed by atoms with Crippen molar-refractivity contribution in [3.8, 4) is 0 Å². The number of benzene rings is 2. The summed E-state index contributed by atoms with van der Waals surface area (Å²) in [5.74, 6) is 0. The van der Waals surface area contributed by atoms with Crippen molar-refractivity contribution in [1.82, 2.24) is 18.8 Å². The van der Waals surface area contributed by atoms with Crippen LogP contribution in [0.25, 0.3) is 0 Å². The fraction of sp³-hybridized carbons (Fsp3) is 0.429. The SMILES string of the molecule is CS(=O)(=O)N1CCN(C[C@@]2(c3ccc(Cl)cc3)Cc3ncn(C4CCc5ccccc5C4)c(=O)c3S2)CC1. The highest BCUT2D eigenvalue weighted by Crippen LogP contribution is 2.50. The molecule has 0 bridgehead atoms. The van der Waals surface area contributed by atoms with E-state index in [1.54, 1.807) is 18.1 Å². The number of thioether (sulfide) groups is 1. The fourth-order valence-corrected chi connectivity index (χ4v) is 8.55. The van der Waals surface area contributed by atoms with Crippen LogP contribution >= 0.6 is 23.4 Å². The summed E-state index contributed by atoms with van der Waals surface area (Å²) in [6.07, 6.45) is 6.39. The summed E-state index contributed by atoms with van der Waals surface area (Å²) in [6, 6.07) is 16.5. The summed E-state index contributed by atoms with van der Waals surface area (Å²) in [5, 5.41) is 0.671. The normalized spacial score (nSPS) is 24.2. The third-order valence-corrected chi connectivity index (χ3v) is 11.2. The predicted molar refractivity (Wildman–Crippen MR) is 152 cm³/mol. The minimum atomic E-state index is -3.20. The van der Waals surface area contributed by atoms with Crippen LogP contribution in [0.1, 0.15) is 34.8 Å². The van der Waals surface area contributed by atoms with Gasteiger partial charge in [0.15, 0.2) is 0 Å². The van der Waals surface area contributed by atoms with E-state index in [0.29, 0.717) is 44.2 Å². The van der Waals surface area contributed by atoms with E-state index in [1.807, 2.05) is 28.8 Å². The second-order valence-electron chi connectivity index (χ2n) is 10.6. The van der Waals surface area contributed by atoms with Gasteiger partial charge in [0.2, 0.25) is 10.0 Å². The molecule has 7 nitrogen and oxygen atoms in total. The van der Waals surface area contributed by atoms with Gasteiger partial charge in [0.25, 0.3) is 5.56 Å². The van der Waals surface area contributed by atoms with Gasteiger partial charge in [-0.2, -0.15) is 4.31 Å². The highest BCUT2D eigenvalue weighted by Gasteiger charge is 2.44. The smallest absolute Gasteiger partial charge is 0.267 e. The first kappa shape index (κ1) is 26.1. The quantitative estimate of drug-likeness (QED) is 0.465. The van der Waals surface area contributed by atoms with Gasteiger partial charge in [0.1, 0.15) is 0 Å². The molecule has 2 aliphatic heterocycles. The van der Waals surface area contributed by atoms with E-state index >= 15 is 0 Å². The molecule has 200 valence electrons. The van der Waals surface area contributed by atoms with Gasteiger partial charge in [-0.1, -0.05) is 48.0 Å². The van der Waals surface area contributed by atoms with Crippen molar-refractivity contribution >= 4 is 33.4 Å². The van der Waals surface area contributed by atoms with Crippen LogP contribution in [0.3, 0.4) is 0 Å². The molecular weight excluding hydrogens is 540 g/mol. The number of aryl methyl sites for hydroxylation is 1. The summed E-state index contributed by atoms with van der Waals surface area (Å²) in [6.45, 7) is 2.95. The molecule has 3 heterocycles. The maximum Gasteiger partial charge on any atom is 0.267 e. The van der Waals surface area contributed by atoms with E-state index in [1.165, 1.54) is 21.7 Å². The largest absolute Gasteiger partial charge is 0.299 e. The van der Waals surface area contributed by atoms with E-state index in [9.17, 15) is 13.2 Å². The molecule has 0 radical (unpaired) electrons. The molecule has 2 aromatic carbocycles. The van der Waals surface area contributed by atoms with E-state index in [4.69, 9.17) is 16.6 Å². The lowest BCUT2D eigenvalue weighted by molar-refractivity contribution is 0.173. The Kier molecular flexibility index (Phi) is 6.93. The molecule has 1 aliphatic carbocycles. The summed E-state index contributed by atoms with van der Waals surface area (Å²) in [7, 11) is -3.20. The maximum absolute atomic E-state index is 13.9. The lowest BCUT2D eigenvalue weighted by atomic mass is 9.88. The van der Waals surface area contributed by atoms with Crippen LogP contribution in [0.15, 0.2) is 64.5 Å². The number of rotatable bonds is 5. The molecule has 1 saturated heterocycles. The average molecular weight is 571 g/mol. The van der Waals surface area contributed by atoms with E-state index in [-0.39, 0.29) is 11.6 Å². The number of piperazine rings is 1. The number of halogens is 1. The second-order valence-corrected chi connectivity index (χ2v) is 14.4. The molecule has 2 atom stereocenters. The van der Waals surface area contributed by atoms with Crippen molar-refractivity contribution in [2.75, 3.05) is 39.0 Å². The van der Waals surface area contributed by atoms with E-state index < -0.39 is 14.8 Å². The Morgan fingerprint density at radius 1 is 1.05 bits per heavy atom. The van der Waals surface area contributed by atoms with Crippen molar-refractivity contribution in [3.63, 3.8) is 0 Å². The number of hydrogen-bond acceptors (Lipinski definition) is 6. The van der Waals surface area contributed by atoms with E-state index in [2.05, 4.69) is 29.2 Å². The maximum atomic E-state index is 13.9. The molecule has 10 heteroatoms. The molecule has 0 spiro atoms. The Labute approximate surface area is 232 Å². The minimum Gasteiger partial charge on any atom is -0.299 e. The van der Waals surface area contributed by atoms with E-state index in [0.717, 1.165) is 35.4 Å². The second kappa shape index (κ2) is 10.1. The van der Waals surface area contributed by atoms with Crippen molar-refractivity contribution in [2.45, 2.75) is 41.4 Å². The molecule has 0 amide bonds. The van der Waals surface area contributed by atoms with Crippen molar-refractivity contribution in [2.24, 2.45) is 0 Å². The van der Waals surface area contributed by atoms with Crippen LogP contribution in [0, 0.1) is 0 Å². The molecule has 0 saturated carbocycles. The zero-order valence-corrected chi connectivity index (χ0v) is 23.7. The van der Waals surface area contributed by atoms with Gasteiger partial charge < -0.3 is 0 Å². The van der Waals surface area contributed by atoms with Crippen LogP contribution in [-0.2, 0) is 34.0 Å². The lowest BCUT2D eigenvalue weighted by Gasteiger charge is -2.39. The van der Waals surface area contributed by atoms with Crippen LogP contribution < -0.4 is 5.56 Å². The van der Waals surface area contributed by atoms with Crippen molar-refractivity contribution in [3.05, 3.63) is 92.6 Å². The molecule has 1 aromatic heterocycles. The van der Waals surface area contributed by atoms with Crippen LogP contribution in [0.2, 0.25) is 5.02 Å². The molecule has 6 rings (SSSR count). The Hall–Kier alpha value is -2.17. The Morgan fingerprint density at radius 2 is 1.76 bits per heavy atom. The molecular formula is C28H31ClN4O3S2. The lowest BCUT2D eigenvalue weighted by Crippen LogP contribution is -2.51. The highest BCUT2D eigenvalue weighted by molar-refractivity contribution is 8.00. The summed E-state index contributed by atoms with van der Waals surface area (Å²) < 4.78 is 27.0. The number of aromatic nitrogens is 2. The first-order valence-corrected chi connectivity index (χ1v) is 16.1. The first-order valence-electron chi connectivity index (χ1n) is 13.0. The average Bonchev–Trinajstić information content (AvgIpc) is 3.29. The van der Waals surface area contributed by atoms with Gasteiger partial charge in [-0.3, -0.25) is 14.3 Å². The Balaban J connectivity index is 1.29. The molecule has 0 N–H and O–H groups in total. The molecule has 1 fully saturated rings. The van der Waals surface area contributed by atoms with Gasteiger partial charge in [-0.15, -0.1) is 11.8 Å². The number of fused-ring (bicyclic) bond motifs is 2. The third-order valence-electron chi connectivity index (χ3n) is 8.14. The van der Waals surface area contributed by atoms with Gasteiger partial charge >= 0.3 is 0 Å². The van der Waals surface area contributed by atoms with Gasteiger partial charge in [0.05, 0.1) is 27.9 Å². The zero-order valence-electron chi connectivity index (χ0n) is 21.3. The summed E-state index contributed by atoms with van der Waals surface area (Å²) in [4.78, 5) is 21.8. The molecule has 1 unspecified atom stereocenters. The monoisotopic (exact) mass is 570 g/mol. The molecule has 3 aromatic rings. The summed E-state index contributed by atoms with van der Waals surface area (Å²) in [5.41, 5.74) is 4.68. The van der Waals surface area contributed by atoms with Crippen LogP contribution in [0.4, 0.5) is 0 Å². The van der Waals surface area contributed by atoms with Gasteiger partial charge in [-0.05, 0) is 48.1 Å². The summed E-state index contributed by atoms with van der Waals surface area (Å²) >= 11 is 7.85. The van der Waals surface area contributed by atoms with Gasteiger partial charge in [-0.25, -0.2) is 13.4 Å². The van der Waals surface area contributed by atoms with Crippen LogP contribution in [-0.4, -0.2) is 66.2 Å². The first-order chi connectivity index (χ1) is 18.2. The minimum absolute atomic E-state index is 0.0436. The Bertz CT molecular complexity index is 1520. The Morgan fingerprint density at radius 3 is 2.47 bits per heavy atom. The standard InChI is InChI=1S/C28H31ClN4O3S2/c1-38(35,36)32-14-12-31(13-15-32)18-28(22-7-9-23(29)10-8-22)17-25-26(37-28)27(34)33(19-30-25)24-11-6-20-4-2-3-5-21(20)16-24/h2-5,7-10,19,24H,6,11-18H2,1H3/t24?,28-/m1/s1. The van der Waals surface area contributed by atoms with Gasteiger partial charge in [0, 0.05) is 50.2 Å². The zero-order chi connectivity index (χ0) is 26.5. The number of hydrogen-bond donors (Lipinski definition) is 0. The highest BCUT2D eigenvalue weighted by atomic mass is 35.5.